The van der Waals surface area contributed by atoms with Crippen LogP contribution in [0.3, 0.4) is 0 Å². The Morgan fingerprint density at radius 2 is 2.00 bits per heavy atom. The van der Waals surface area contributed by atoms with E-state index in [1.165, 1.54) is 5.56 Å². The molecular formula is C12H18N2O2. The molecule has 1 aromatic carbocycles. The van der Waals surface area contributed by atoms with Gasteiger partial charge in [-0.25, -0.2) is 0 Å². The van der Waals surface area contributed by atoms with Crippen molar-refractivity contribution in [2.24, 2.45) is 0 Å². The maximum absolute atomic E-state index is 11.4. The lowest BCUT2D eigenvalue weighted by molar-refractivity contribution is -0.115. The Morgan fingerprint density at radius 1 is 1.31 bits per heavy atom. The summed E-state index contributed by atoms with van der Waals surface area (Å²) in [6.07, 6.45) is 0.992. The molecule has 0 aliphatic heterocycles. The molecule has 16 heavy (non-hydrogen) atoms. The fraction of sp³-hybridized carbons (Fsp3) is 0.417. The number of aliphatic hydroxyl groups excluding tert-OH is 1. The van der Waals surface area contributed by atoms with E-state index in [2.05, 4.69) is 17.6 Å². The molecular weight excluding hydrogens is 204 g/mol. The first-order valence-electron chi connectivity index (χ1n) is 5.46. The van der Waals surface area contributed by atoms with E-state index in [1.54, 1.807) is 0 Å². The molecule has 1 rings (SSSR count). The van der Waals surface area contributed by atoms with Gasteiger partial charge in [0.1, 0.15) is 0 Å². The summed E-state index contributed by atoms with van der Waals surface area (Å²) in [4.78, 5) is 11.4. The number of aliphatic hydroxyl groups is 1. The minimum atomic E-state index is -0.0994. The summed E-state index contributed by atoms with van der Waals surface area (Å²) in [5, 5.41) is 14.1. The predicted octanol–water partition coefficient (Wildman–Crippen LogP) is 0.769. The number of aryl methyl sites for hydroxylation is 1. The number of hydrogen-bond acceptors (Lipinski definition) is 3. The van der Waals surface area contributed by atoms with Gasteiger partial charge >= 0.3 is 0 Å². The summed E-state index contributed by atoms with van der Waals surface area (Å²) in [6, 6.07) is 7.78. The minimum Gasteiger partial charge on any atom is -0.395 e. The van der Waals surface area contributed by atoms with Crippen molar-refractivity contribution in [1.82, 2.24) is 5.32 Å². The van der Waals surface area contributed by atoms with Gasteiger partial charge in [0, 0.05) is 12.2 Å². The first kappa shape index (κ1) is 12.7. The van der Waals surface area contributed by atoms with Gasteiger partial charge < -0.3 is 15.7 Å². The van der Waals surface area contributed by atoms with Crippen molar-refractivity contribution >= 4 is 11.6 Å². The van der Waals surface area contributed by atoms with Crippen LogP contribution in [0.1, 0.15) is 12.5 Å². The second kappa shape index (κ2) is 6.98. The van der Waals surface area contributed by atoms with E-state index in [4.69, 9.17) is 5.11 Å². The van der Waals surface area contributed by atoms with Gasteiger partial charge in [-0.15, -0.1) is 0 Å². The highest BCUT2D eigenvalue weighted by Crippen LogP contribution is 2.09. The zero-order valence-corrected chi connectivity index (χ0v) is 9.49. The van der Waals surface area contributed by atoms with Crippen molar-refractivity contribution in [3.05, 3.63) is 29.8 Å². The lowest BCUT2D eigenvalue weighted by Gasteiger charge is -2.06. The molecule has 1 aromatic rings. The Hall–Kier alpha value is -1.39. The summed E-state index contributed by atoms with van der Waals surface area (Å²) in [7, 11) is 0. The van der Waals surface area contributed by atoms with Crippen LogP contribution >= 0.6 is 0 Å². The van der Waals surface area contributed by atoms with Crippen molar-refractivity contribution in [1.29, 1.82) is 0 Å². The largest absolute Gasteiger partial charge is 0.395 e. The Labute approximate surface area is 95.7 Å². The lowest BCUT2D eigenvalue weighted by atomic mass is 10.1. The Bertz CT molecular complexity index is 322. The summed E-state index contributed by atoms with van der Waals surface area (Å²) in [6.45, 7) is 2.78. The molecule has 0 fully saturated rings. The number of anilines is 1. The Balaban J connectivity index is 2.37. The van der Waals surface area contributed by atoms with E-state index < -0.39 is 0 Å². The number of rotatable bonds is 6. The van der Waals surface area contributed by atoms with Gasteiger partial charge in [-0.2, -0.15) is 0 Å². The summed E-state index contributed by atoms with van der Waals surface area (Å²) in [5.74, 6) is -0.0994. The van der Waals surface area contributed by atoms with Gasteiger partial charge in [-0.3, -0.25) is 4.79 Å². The molecule has 0 spiro atoms. The fourth-order valence-corrected chi connectivity index (χ4v) is 1.31. The van der Waals surface area contributed by atoms with Gasteiger partial charge in [-0.05, 0) is 24.1 Å². The van der Waals surface area contributed by atoms with Crippen molar-refractivity contribution in [3.63, 3.8) is 0 Å². The number of hydrogen-bond donors (Lipinski definition) is 3. The molecule has 4 nitrogen and oxygen atoms in total. The fourth-order valence-electron chi connectivity index (χ4n) is 1.31. The summed E-state index contributed by atoms with van der Waals surface area (Å²) >= 11 is 0. The normalized spacial score (nSPS) is 10.1. The van der Waals surface area contributed by atoms with E-state index in [1.807, 2.05) is 24.3 Å². The number of benzene rings is 1. The molecule has 4 heteroatoms. The SMILES string of the molecule is CCc1ccc(NC(=O)CNCCO)cc1. The zero-order valence-electron chi connectivity index (χ0n) is 9.49. The lowest BCUT2D eigenvalue weighted by Crippen LogP contribution is -2.29. The van der Waals surface area contributed by atoms with Gasteiger partial charge in [-0.1, -0.05) is 19.1 Å². The van der Waals surface area contributed by atoms with Crippen LogP contribution in [-0.2, 0) is 11.2 Å². The van der Waals surface area contributed by atoms with E-state index in [0.717, 1.165) is 12.1 Å². The monoisotopic (exact) mass is 222 g/mol. The van der Waals surface area contributed by atoms with Crippen molar-refractivity contribution in [3.8, 4) is 0 Å². The van der Waals surface area contributed by atoms with Crippen LogP contribution in [0.2, 0.25) is 0 Å². The number of carbonyl (C=O) groups is 1. The first-order chi connectivity index (χ1) is 7.76. The molecule has 0 heterocycles. The third-order valence-electron chi connectivity index (χ3n) is 2.22. The average molecular weight is 222 g/mol. The molecule has 0 atom stereocenters. The molecule has 3 N–H and O–H groups in total. The van der Waals surface area contributed by atoms with E-state index in [0.29, 0.717) is 6.54 Å². The number of nitrogens with one attached hydrogen (secondary N) is 2. The highest BCUT2D eigenvalue weighted by molar-refractivity contribution is 5.92. The molecule has 0 saturated carbocycles. The maximum Gasteiger partial charge on any atom is 0.238 e. The van der Waals surface area contributed by atoms with Crippen LogP contribution < -0.4 is 10.6 Å². The van der Waals surface area contributed by atoms with Gasteiger partial charge in [0.2, 0.25) is 5.91 Å². The summed E-state index contributed by atoms with van der Waals surface area (Å²) in [5.41, 5.74) is 2.05. The van der Waals surface area contributed by atoms with Gasteiger partial charge in [0.05, 0.1) is 13.2 Å². The molecule has 0 unspecified atom stereocenters. The summed E-state index contributed by atoms with van der Waals surface area (Å²) < 4.78 is 0. The standard InChI is InChI=1S/C12H18N2O2/c1-2-10-3-5-11(6-4-10)14-12(16)9-13-7-8-15/h3-6,13,15H,2,7-9H2,1H3,(H,14,16). The predicted molar refractivity (Wildman–Crippen MR) is 64.4 cm³/mol. The van der Waals surface area contributed by atoms with Crippen molar-refractivity contribution in [2.45, 2.75) is 13.3 Å². The van der Waals surface area contributed by atoms with Crippen molar-refractivity contribution in [2.75, 3.05) is 25.0 Å². The van der Waals surface area contributed by atoms with Crippen LogP contribution in [0.4, 0.5) is 5.69 Å². The molecule has 0 saturated heterocycles. The number of carbonyl (C=O) groups excluding carboxylic acids is 1. The first-order valence-corrected chi connectivity index (χ1v) is 5.46. The Kier molecular flexibility index (Phi) is 5.53. The highest BCUT2D eigenvalue weighted by Gasteiger charge is 2.00. The number of amides is 1. The van der Waals surface area contributed by atoms with Crippen LogP contribution in [0.5, 0.6) is 0 Å². The maximum atomic E-state index is 11.4. The molecule has 0 bridgehead atoms. The van der Waals surface area contributed by atoms with Gasteiger partial charge in [0.15, 0.2) is 0 Å². The second-order valence-corrected chi connectivity index (χ2v) is 3.50. The van der Waals surface area contributed by atoms with E-state index >= 15 is 0 Å². The smallest absolute Gasteiger partial charge is 0.238 e. The molecule has 0 aromatic heterocycles. The average Bonchev–Trinajstić information content (AvgIpc) is 2.30. The molecule has 1 amide bonds. The zero-order chi connectivity index (χ0) is 11.8. The molecule has 0 aliphatic rings. The van der Waals surface area contributed by atoms with Crippen LogP contribution in [0, 0.1) is 0 Å². The quantitative estimate of drug-likeness (QED) is 0.623. The minimum absolute atomic E-state index is 0.0402. The van der Waals surface area contributed by atoms with E-state index in [9.17, 15) is 4.79 Å². The van der Waals surface area contributed by atoms with Gasteiger partial charge in [0.25, 0.3) is 0 Å². The molecule has 0 aliphatic carbocycles. The molecule has 88 valence electrons. The third kappa shape index (κ3) is 4.42. The highest BCUT2D eigenvalue weighted by atomic mass is 16.3. The Morgan fingerprint density at radius 3 is 2.56 bits per heavy atom. The molecule has 0 radical (unpaired) electrons. The van der Waals surface area contributed by atoms with Crippen LogP contribution in [0.15, 0.2) is 24.3 Å². The van der Waals surface area contributed by atoms with Crippen molar-refractivity contribution < 1.29 is 9.90 Å². The topological polar surface area (TPSA) is 61.4 Å². The third-order valence-corrected chi connectivity index (χ3v) is 2.22. The van der Waals surface area contributed by atoms with Crippen LogP contribution in [-0.4, -0.2) is 30.7 Å². The van der Waals surface area contributed by atoms with E-state index in [-0.39, 0.29) is 19.1 Å². The second-order valence-electron chi connectivity index (χ2n) is 3.50. The van der Waals surface area contributed by atoms with Crippen LogP contribution in [0.25, 0.3) is 0 Å².